The summed E-state index contributed by atoms with van der Waals surface area (Å²) in [6.07, 6.45) is 0.975. The van der Waals surface area contributed by atoms with Gasteiger partial charge in [0.2, 0.25) is 10.0 Å². The van der Waals surface area contributed by atoms with Crippen molar-refractivity contribution in [2.75, 3.05) is 22.5 Å². The standard InChI is InChI=1S/C10H13BrN2O4S3/c1-19(14,15)4-5-20(16,17)13-9-3-2-7(11)6-8(9)10(12)18/h2-3,6,13H,4-5H2,1H3,(H2,12,18). The van der Waals surface area contributed by atoms with E-state index in [-0.39, 0.29) is 10.7 Å². The molecule has 0 heterocycles. The Hall–Kier alpha value is -0.710. The van der Waals surface area contributed by atoms with Crippen LogP contribution in [0.15, 0.2) is 22.7 Å². The predicted octanol–water partition coefficient (Wildman–Crippen LogP) is 0.870. The third kappa shape index (κ3) is 5.73. The lowest BCUT2D eigenvalue weighted by atomic mass is 10.2. The zero-order valence-corrected chi connectivity index (χ0v) is 14.5. The highest BCUT2D eigenvalue weighted by Gasteiger charge is 2.17. The Morgan fingerprint density at radius 1 is 1.30 bits per heavy atom. The average Bonchev–Trinajstić information content (AvgIpc) is 2.28. The molecule has 0 radical (unpaired) electrons. The Kier molecular flexibility index (Phi) is 5.53. The first kappa shape index (κ1) is 17.3. The summed E-state index contributed by atoms with van der Waals surface area (Å²) in [5, 5.41) is 0. The highest BCUT2D eigenvalue weighted by molar-refractivity contribution is 9.10. The number of rotatable bonds is 6. The molecular formula is C10H13BrN2O4S3. The predicted molar refractivity (Wildman–Crippen MR) is 87.1 cm³/mol. The van der Waals surface area contributed by atoms with E-state index in [1.54, 1.807) is 12.1 Å². The molecule has 0 fully saturated rings. The van der Waals surface area contributed by atoms with Crippen molar-refractivity contribution in [1.29, 1.82) is 0 Å². The Morgan fingerprint density at radius 2 is 1.90 bits per heavy atom. The third-order valence-corrected chi connectivity index (χ3v) is 5.43. The maximum Gasteiger partial charge on any atom is 0.233 e. The number of hydrogen-bond donors (Lipinski definition) is 2. The first-order chi connectivity index (χ1) is 9.00. The van der Waals surface area contributed by atoms with Gasteiger partial charge in [-0.2, -0.15) is 0 Å². The quantitative estimate of drug-likeness (QED) is 0.686. The minimum atomic E-state index is -3.80. The fraction of sp³-hybridized carbons (Fsp3) is 0.300. The summed E-state index contributed by atoms with van der Waals surface area (Å²) in [4.78, 5) is 0.0344. The van der Waals surface area contributed by atoms with Crippen LogP contribution in [0.5, 0.6) is 0 Å². The number of nitrogens with one attached hydrogen (secondary N) is 1. The summed E-state index contributed by atoms with van der Waals surface area (Å²) < 4.78 is 48.7. The zero-order chi connectivity index (χ0) is 15.6. The van der Waals surface area contributed by atoms with E-state index >= 15 is 0 Å². The maximum atomic E-state index is 11.8. The molecule has 3 N–H and O–H groups in total. The van der Waals surface area contributed by atoms with E-state index in [4.69, 9.17) is 18.0 Å². The van der Waals surface area contributed by atoms with Crippen LogP contribution >= 0.6 is 28.1 Å². The summed E-state index contributed by atoms with van der Waals surface area (Å²) in [5.74, 6) is -0.986. The number of benzene rings is 1. The number of thiocarbonyl (C=S) groups is 1. The molecule has 1 aromatic carbocycles. The zero-order valence-electron chi connectivity index (χ0n) is 10.5. The topological polar surface area (TPSA) is 106 Å². The van der Waals surface area contributed by atoms with Crippen LogP contribution in [0.2, 0.25) is 0 Å². The van der Waals surface area contributed by atoms with Crippen molar-refractivity contribution >= 4 is 58.7 Å². The van der Waals surface area contributed by atoms with Crippen LogP contribution in [0.25, 0.3) is 0 Å². The van der Waals surface area contributed by atoms with Crippen LogP contribution < -0.4 is 10.5 Å². The van der Waals surface area contributed by atoms with Gasteiger partial charge in [0.05, 0.1) is 17.2 Å². The fourth-order valence-electron chi connectivity index (χ4n) is 1.29. The molecule has 20 heavy (non-hydrogen) atoms. The Morgan fingerprint density at radius 3 is 2.40 bits per heavy atom. The highest BCUT2D eigenvalue weighted by atomic mass is 79.9. The molecule has 6 nitrogen and oxygen atoms in total. The highest BCUT2D eigenvalue weighted by Crippen LogP contribution is 2.22. The van der Waals surface area contributed by atoms with Crippen LogP contribution in [0.3, 0.4) is 0 Å². The van der Waals surface area contributed by atoms with Crippen molar-refractivity contribution in [2.45, 2.75) is 0 Å². The van der Waals surface area contributed by atoms with E-state index in [2.05, 4.69) is 20.7 Å². The van der Waals surface area contributed by atoms with Crippen molar-refractivity contribution in [1.82, 2.24) is 0 Å². The van der Waals surface area contributed by atoms with Gasteiger partial charge in [0, 0.05) is 16.3 Å². The average molecular weight is 401 g/mol. The summed E-state index contributed by atoms with van der Waals surface area (Å²) in [6, 6.07) is 4.70. The second kappa shape index (κ2) is 6.37. The second-order valence-electron chi connectivity index (χ2n) is 4.10. The third-order valence-electron chi connectivity index (χ3n) is 2.24. The molecule has 0 aromatic heterocycles. The molecule has 112 valence electrons. The molecule has 0 unspecified atom stereocenters. The SMILES string of the molecule is CS(=O)(=O)CCS(=O)(=O)Nc1ccc(Br)cc1C(N)=S. The molecule has 0 aliphatic heterocycles. The second-order valence-corrected chi connectivity index (χ2v) is 9.56. The van der Waals surface area contributed by atoms with E-state index in [9.17, 15) is 16.8 Å². The molecule has 0 amide bonds. The van der Waals surface area contributed by atoms with E-state index in [0.29, 0.717) is 10.0 Å². The largest absolute Gasteiger partial charge is 0.389 e. The minimum Gasteiger partial charge on any atom is -0.389 e. The summed E-state index contributed by atoms with van der Waals surface area (Å²) in [6.45, 7) is 0. The van der Waals surface area contributed by atoms with Gasteiger partial charge < -0.3 is 5.73 Å². The molecule has 10 heteroatoms. The summed E-state index contributed by atoms with van der Waals surface area (Å²) in [5.41, 5.74) is 6.10. The summed E-state index contributed by atoms with van der Waals surface area (Å²) >= 11 is 8.08. The minimum absolute atomic E-state index is 0.0344. The van der Waals surface area contributed by atoms with Gasteiger partial charge in [-0.15, -0.1) is 0 Å². The molecule has 0 aliphatic carbocycles. The molecule has 0 bridgehead atoms. The number of sulfonamides is 1. The Bertz CT molecular complexity index is 729. The van der Waals surface area contributed by atoms with Gasteiger partial charge in [-0.1, -0.05) is 28.1 Å². The van der Waals surface area contributed by atoms with Crippen molar-refractivity contribution in [2.24, 2.45) is 5.73 Å². The molecule has 0 spiro atoms. The lowest BCUT2D eigenvalue weighted by molar-refractivity contribution is 0.593. The van der Waals surface area contributed by atoms with E-state index in [1.165, 1.54) is 6.07 Å². The van der Waals surface area contributed by atoms with Gasteiger partial charge >= 0.3 is 0 Å². The number of hydrogen-bond acceptors (Lipinski definition) is 5. The van der Waals surface area contributed by atoms with Crippen LogP contribution in [-0.4, -0.2) is 39.6 Å². The molecular weight excluding hydrogens is 388 g/mol. The normalized spacial score (nSPS) is 12.1. The van der Waals surface area contributed by atoms with Gasteiger partial charge in [0.15, 0.2) is 0 Å². The monoisotopic (exact) mass is 400 g/mol. The van der Waals surface area contributed by atoms with E-state index in [1.807, 2.05) is 0 Å². The molecule has 1 aromatic rings. The van der Waals surface area contributed by atoms with Crippen molar-refractivity contribution in [3.63, 3.8) is 0 Å². The van der Waals surface area contributed by atoms with Crippen molar-refractivity contribution in [3.8, 4) is 0 Å². The fourth-order valence-corrected chi connectivity index (χ4v) is 4.52. The van der Waals surface area contributed by atoms with Crippen molar-refractivity contribution < 1.29 is 16.8 Å². The van der Waals surface area contributed by atoms with Gasteiger partial charge in [0.25, 0.3) is 0 Å². The van der Waals surface area contributed by atoms with Crippen LogP contribution in [0.1, 0.15) is 5.56 Å². The van der Waals surface area contributed by atoms with Gasteiger partial charge in [-0.05, 0) is 18.2 Å². The van der Waals surface area contributed by atoms with Gasteiger partial charge in [-0.25, -0.2) is 16.8 Å². The van der Waals surface area contributed by atoms with Gasteiger partial charge in [0.1, 0.15) is 14.8 Å². The van der Waals surface area contributed by atoms with Crippen molar-refractivity contribution in [3.05, 3.63) is 28.2 Å². The van der Waals surface area contributed by atoms with E-state index < -0.39 is 31.4 Å². The smallest absolute Gasteiger partial charge is 0.233 e. The molecule has 1 rings (SSSR count). The number of nitrogens with two attached hydrogens (primary N) is 1. The lowest BCUT2D eigenvalue weighted by Crippen LogP contribution is -2.24. The Balaban J connectivity index is 3.01. The van der Waals surface area contributed by atoms with Gasteiger partial charge in [-0.3, -0.25) is 4.72 Å². The lowest BCUT2D eigenvalue weighted by Gasteiger charge is -2.12. The van der Waals surface area contributed by atoms with Crippen LogP contribution in [0.4, 0.5) is 5.69 Å². The number of halogens is 1. The summed E-state index contributed by atoms with van der Waals surface area (Å²) in [7, 11) is -7.16. The van der Waals surface area contributed by atoms with Crippen LogP contribution in [-0.2, 0) is 19.9 Å². The Labute approximate surface area is 131 Å². The molecule has 0 saturated carbocycles. The first-order valence-electron chi connectivity index (χ1n) is 5.28. The molecule has 0 aliphatic rings. The van der Waals surface area contributed by atoms with Crippen LogP contribution in [0, 0.1) is 0 Å². The maximum absolute atomic E-state index is 11.8. The number of anilines is 1. The number of sulfone groups is 1. The molecule has 0 atom stereocenters. The first-order valence-corrected chi connectivity index (χ1v) is 10.2. The van der Waals surface area contributed by atoms with E-state index in [0.717, 1.165) is 6.26 Å². The molecule has 0 saturated heterocycles.